The van der Waals surface area contributed by atoms with Crippen molar-refractivity contribution in [2.45, 2.75) is 13.5 Å². The number of hydrogen-bond donors (Lipinski definition) is 1. The Kier molecular flexibility index (Phi) is 5.39. The number of nitrogens with one attached hydrogen (secondary N) is 1. The second-order valence-corrected chi connectivity index (χ2v) is 3.75. The van der Waals surface area contributed by atoms with Crippen molar-refractivity contribution < 1.29 is 4.74 Å². The van der Waals surface area contributed by atoms with Gasteiger partial charge in [-0.2, -0.15) is 0 Å². The molecule has 1 heterocycles. The van der Waals surface area contributed by atoms with Crippen molar-refractivity contribution in [3.8, 4) is 0 Å². The van der Waals surface area contributed by atoms with Crippen LogP contribution in [-0.2, 0) is 18.3 Å². The van der Waals surface area contributed by atoms with Gasteiger partial charge in [0.25, 0.3) is 0 Å². The fourth-order valence-electron chi connectivity index (χ4n) is 1.16. The monoisotopic (exact) mass is 251 g/mol. The van der Waals surface area contributed by atoms with Gasteiger partial charge < -0.3 is 14.6 Å². The molecule has 1 aromatic rings. The molecule has 0 saturated carbocycles. The summed E-state index contributed by atoms with van der Waals surface area (Å²) in [5, 5.41) is 4.06. The number of hydrogen-bond acceptors (Lipinski definition) is 3. The quantitative estimate of drug-likeness (QED) is 0.785. The van der Waals surface area contributed by atoms with E-state index in [-0.39, 0.29) is 0 Å². The van der Waals surface area contributed by atoms with Crippen molar-refractivity contribution in [1.29, 1.82) is 0 Å². The average molecular weight is 252 g/mol. The first-order valence-corrected chi connectivity index (χ1v) is 5.57. The minimum atomic E-state index is 0.404. The lowest BCUT2D eigenvalue weighted by Crippen LogP contribution is -2.20. The third-order valence-electron chi connectivity index (χ3n) is 2.03. The molecule has 0 aromatic carbocycles. The second kappa shape index (κ2) is 6.33. The van der Waals surface area contributed by atoms with E-state index in [1.807, 2.05) is 14.0 Å². The van der Waals surface area contributed by atoms with E-state index in [1.165, 1.54) is 0 Å². The summed E-state index contributed by atoms with van der Waals surface area (Å²) in [7, 11) is 1.83. The highest BCUT2D eigenvalue weighted by Gasteiger charge is 2.10. The lowest BCUT2D eigenvalue weighted by molar-refractivity contribution is 0.149. The second-order valence-electron chi connectivity index (χ2n) is 3.05. The molecule has 1 rings (SSSR count). The highest BCUT2D eigenvalue weighted by molar-refractivity contribution is 6.32. The zero-order valence-corrected chi connectivity index (χ0v) is 10.4. The van der Waals surface area contributed by atoms with Gasteiger partial charge in [-0.15, -0.1) is 0 Å². The summed E-state index contributed by atoms with van der Waals surface area (Å²) in [6.45, 7) is 4.83. The van der Waals surface area contributed by atoms with E-state index in [1.54, 1.807) is 4.57 Å². The molecule has 0 aliphatic carbocycles. The Balaban J connectivity index is 2.37. The number of halogens is 2. The molecule has 0 saturated heterocycles. The molecule has 0 aliphatic heterocycles. The predicted molar refractivity (Wildman–Crippen MR) is 61.4 cm³/mol. The molecule has 0 atom stereocenters. The Morgan fingerprint density at radius 1 is 1.47 bits per heavy atom. The largest absolute Gasteiger partial charge is 0.380 e. The fourth-order valence-corrected chi connectivity index (χ4v) is 1.66. The van der Waals surface area contributed by atoms with Crippen LogP contribution in [0.5, 0.6) is 0 Å². The van der Waals surface area contributed by atoms with E-state index in [9.17, 15) is 0 Å². The number of ether oxygens (including phenoxy) is 1. The number of rotatable bonds is 6. The third kappa shape index (κ3) is 3.65. The Morgan fingerprint density at radius 3 is 2.73 bits per heavy atom. The van der Waals surface area contributed by atoms with Crippen molar-refractivity contribution in [3.63, 3.8) is 0 Å². The van der Waals surface area contributed by atoms with E-state index in [0.29, 0.717) is 23.6 Å². The van der Waals surface area contributed by atoms with Crippen molar-refractivity contribution in [1.82, 2.24) is 14.9 Å². The summed E-state index contributed by atoms with van der Waals surface area (Å²) in [4.78, 5) is 3.95. The minimum absolute atomic E-state index is 0.404. The van der Waals surface area contributed by atoms with Crippen LogP contribution in [-0.4, -0.2) is 29.3 Å². The fraction of sp³-hybridized carbons (Fsp3) is 0.667. The van der Waals surface area contributed by atoms with Crippen molar-refractivity contribution in [2.24, 2.45) is 7.05 Å². The van der Waals surface area contributed by atoms with Crippen LogP contribution in [0.15, 0.2) is 0 Å². The van der Waals surface area contributed by atoms with Crippen LogP contribution < -0.4 is 5.32 Å². The zero-order chi connectivity index (χ0) is 11.3. The first-order chi connectivity index (χ1) is 7.16. The number of imidazole rings is 1. The van der Waals surface area contributed by atoms with Crippen LogP contribution >= 0.6 is 23.2 Å². The predicted octanol–water partition coefficient (Wildman–Crippen LogP) is 1.85. The van der Waals surface area contributed by atoms with Gasteiger partial charge in [0.1, 0.15) is 0 Å². The molecule has 0 bridgehead atoms. The van der Waals surface area contributed by atoms with E-state index < -0.39 is 0 Å². The Bertz CT molecular complexity index is 315. The average Bonchev–Trinajstić information content (AvgIpc) is 2.44. The van der Waals surface area contributed by atoms with Gasteiger partial charge in [0, 0.05) is 26.7 Å². The van der Waals surface area contributed by atoms with E-state index in [0.717, 1.165) is 18.8 Å². The standard InChI is InChI=1S/C9H15Cl2N3O/c1-3-15-5-4-12-6-7-8(10)13-9(11)14(7)2/h12H,3-6H2,1-2H3. The first-order valence-electron chi connectivity index (χ1n) is 4.81. The Hall–Kier alpha value is -0.290. The van der Waals surface area contributed by atoms with E-state index in [2.05, 4.69) is 10.3 Å². The molecule has 86 valence electrons. The van der Waals surface area contributed by atoms with Crippen molar-refractivity contribution >= 4 is 23.2 Å². The molecule has 0 fully saturated rings. The Labute approximate surface area is 99.5 Å². The maximum atomic E-state index is 5.90. The molecule has 0 unspecified atom stereocenters. The summed E-state index contributed by atoms with van der Waals surface area (Å²) < 4.78 is 6.95. The van der Waals surface area contributed by atoms with Crippen LogP contribution in [0.4, 0.5) is 0 Å². The highest BCUT2D eigenvalue weighted by Crippen LogP contribution is 2.18. The van der Waals surface area contributed by atoms with Gasteiger partial charge >= 0.3 is 0 Å². The lowest BCUT2D eigenvalue weighted by atomic mass is 10.4. The Morgan fingerprint density at radius 2 is 2.20 bits per heavy atom. The van der Waals surface area contributed by atoms with Crippen LogP contribution in [0.2, 0.25) is 10.4 Å². The molecular weight excluding hydrogens is 237 g/mol. The third-order valence-corrected chi connectivity index (χ3v) is 2.67. The first kappa shape index (κ1) is 12.8. The van der Waals surface area contributed by atoms with Gasteiger partial charge in [0.15, 0.2) is 5.15 Å². The summed E-state index contributed by atoms with van der Waals surface area (Å²) in [6, 6.07) is 0. The smallest absolute Gasteiger partial charge is 0.204 e. The van der Waals surface area contributed by atoms with Gasteiger partial charge in [-0.05, 0) is 18.5 Å². The molecule has 15 heavy (non-hydrogen) atoms. The molecule has 4 nitrogen and oxygen atoms in total. The topological polar surface area (TPSA) is 39.1 Å². The number of aromatic nitrogens is 2. The van der Waals surface area contributed by atoms with E-state index >= 15 is 0 Å². The minimum Gasteiger partial charge on any atom is -0.380 e. The number of nitrogens with zero attached hydrogens (tertiary/aromatic N) is 2. The molecule has 0 aliphatic rings. The molecule has 0 radical (unpaired) electrons. The van der Waals surface area contributed by atoms with Crippen LogP contribution in [0.1, 0.15) is 12.6 Å². The summed E-state index contributed by atoms with van der Waals surface area (Å²) in [5.41, 5.74) is 0.887. The normalized spacial score (nSPS) is 10.9. The molecule has 0 spiro atoms. The van der Waals surface area contributed by atoms with Crippen molar-refractivity contribution in [3.05, 3.63) is 16.1 Å². The van der Waals surface area contributed by atoms with Gasteiger partial charge in [-0.25, -0.2) is 4.98 Å². The van der Waals surface area contributed by atoms with E-state index in [4.69, 9.17) is 27.9 Å². The molecule has 1 N–H and O–H groups in total. The maximum Gasteiger partial charge on any atom is 0.204 e. The van der Waals surface area contributed by atoms with Gasteiger partial charge in [0.05, 0.1) is 12.3 Å². The highest BCUT2D eigenvalue weighted by atomic mass is 35.5. The molecule has 6 heteroatoms. The van der Waals surface area contributed by atoms with Crippen molar-refractivity contribution in [2.75, 3.05) is 19.8 Å². The van der Waals surface area contributed by atoms with Crippen LogP contribution in [0.25, 0.3) is 0 Å². The molecule has 1 aromatic heterocycles. The zero-order valence-electron chi connectivity index (χ0n) is 8.89. The summed E-state index contributed by atoms with van der Waals surface area (Å²) in [6.07, 6.45) is 0. The summed E-state index contributed by atoms with van der Waals surface area (Å²) in [5.74, 6) is 0. The van der Waals surface area contributed by atoms with Gasteiger partial charge in [0.2, 0.25) is 5.28 Å². The van der Waals surface area contributed by atoms with Gasteiger partial charge in [-0.1, -0.05) is 11.6 Å². The molecular formula is C9H15Cl2N3O. The molecule has 0 amide bonds. The summed E-state index contributed by atoms with van der Waals surface area (Å²) >= 11 is 11.7. The van der Waals surface area contributed by atoms with Crippen LogP contribution in [0, 0.1) is 0 Å². The SMILES string of the molecule is CCOCCNCc1c(Cl)nc(Cl)n1C. The van der Waals surface area contributed by atoms with Gasteiger partial charge in [-0.3, -0.25) is 0 Å². The van der Waals surface area contributed by atoms with Crippen LogP contribution in [0.3, 0.4) is 0 Å². The lowest BCUT2D eigenvalue weighted by Gasteiger charge is -2.06. The maximum absolute atomic E-state index is 5.90.